The molecule has 0 radical (unpaired) electrons. The maximum Gasteiger partial charge on any atom is 0.271 e. The number of sulfonamides is 1. The van der Waals surface area contributed by atoms with Gasteiger partial charge < -0.3 is 9.26 Å². The first-order valence-electron chi connectivity index (χ1n) is 8.79. The molecule has 2 aromatic heterocycles. The van der Waals surface area contributed by atoms with Crippen molar-refractivity contribution in [3.63, 3.8) is 0 Å². The summed E-state index contributed by atoms with van der Waals surface area (Å²) in [6.07, 6.45) is 0. The van der Waals surface area contributed by atoms with Crippen LogP contribution in [0, 0.1) is 0 Å². The maximum atomic E-state index is 12.3. The number of anilines is 1. The highest BCUT2D eigenvalue weighted by molar-refractivity contribution is 7.94. The van der Waals surface area contributed by atoms with Crippen molar-refractivity contribution in [2.24, 2.45) is 0 Å². The van der Waals surface area contributed by atoms with Gasteiger partial charge in [0.2, 0.25) is 5.82 Å². The molecule has 9 heteroatoms. The largest absolute Gasteiger partial charge is 0.494 e. The van der Waals surface area contributed by atoms with Crippen molar-refractivity contribution >= 4 is 27.0 Å². The molecule has 0 bridgehead atoms. The second-order valence-electron chi connectivity index (χ2n) is 6.00. The normalized spacial score (nSPS) is 11.3. The van der Waals surface area contributed by atoms with Crippen molar-refractivity contribution in [3.8, 4) is 28.6 Å². The summed E-state index contributed by atoms with van der Waals surface area (Å²) in [4.78, 5) is 4.42. The molecule has 7 nitrogen and oxygen atoms in total. The van der Waals surface area contributed by atoms with Crippen LogP contribution in [-0.2, 0) is 10.0 Å². The van der Waals surface area contributed by atoms with E-state index in [2.05, 4.69) is 14.9 Å². The molecule has 0 amide bonds. The first-order chi connectivity index (χ1) is 14.0. The van der Waals surface area contributed by atoms with Crippen LogP contribution in [0.4, 0.5) is 5.69 Å². The van der Waals surface area contributed by atoms with Crippen molar-refractivity contribution in [1.82, 2.24) is 10.1 Å². The minimum absolute atomic E-state index is 0.264. The number of rotatable bonds is 7. The first kappa shape index (κ1) is 19.2. The summed E-state index contributed by atoms with van der Waals surface area (Å²) in [5.41, 5.74) is 1.95. The molecule has 29 heavy (non-hydrogen) atoms. The van der Waals surface area contributed by atoms with Gasteiger partial charge >= 0.3 is 0 Å². The third-order valence-corrected chi connectivity index (χ3v) is 6.77. The fourth-order valence-electron chi connectivity index (χ4n) is 2.63. The SMILES string of the molecule is CCOc1ccc(-c2nc(-c3ccc(NS(=O)(=O)c4cccs4)cc3)no2)cc1. The summed E-state index contributed by atoms with van der Waals surface area (Å²) >= 11 is 1.16. The Morgan fingerprint density at radius 2 is 1.76 bits per heavy atom. The zero-order valence-corrected chi connectivity index (χ0v) is 17.0. The van der Waals surface area contributed by atoms with E-state index in [0.717, 1.165) is 22.6 Å². The zero-order valence-electron chi connectivity index (χ0n) is 15.4. The van der Waals surface area contributed by atoms with Crippen molar-refractivity contribution in [2.75, 3.05) is 11.3 Å². The average molecular weight is 428 g/mol. The van der Waals surface area contributed by atoms with E-state index in [1.807, 2.05) is 31.2 Å². The van der Waals surface area contributed by atoms with Crippen LogP contribution in [0.1, 0.15) is 6.92 Å². The average Bonchev–Trinajstić information content (AvgIpc) is 3.42. The fraction of sp³-hybridized carbons (Fsp3) is 0.100. The highest BCUT2D eigenvalue weighted by Gasteiger charge is 2.16. The number of aromatic nitrogens is 2. The lowest BCUT2D eigenvalue weighted by Gasteiger charge is -2.06. The van der Waals surface area contributed by atoms with Gasteiger partial charge in [0.1, 0.15) is 9.96 Å². The number of benzene rings is 2. The van der Waals surface area contributed by atoms with Crippen molar-refractivity contribution in [2.45, 2.75) is 11.1 Å². The smallest absolute Gasteiger partial charge is 0.271 e. The predicted octanol–water partition coefficient (Wildman–Crippen LogP) is 4.66. The van der Waals surface area contributed by atoms with Gasteiger partial charge in [0.25, 0.3) is 15.9 Å². The summed E-state index contributed by atoms with van der Waals surface area (Å²) in [5, 5.41) is 5.73. The molecule has 0 fully saturated rings. The van der Waals surface area contributed by atoms with Crippen LogP contribution in [0.2, 0.25) is 0 Å². The maximum absolute atomic E-state index is 12.3. The summed E-state index contributed by atoms with van der Waals surface area (Å²) in [6, 6.07) is 17.4. The molecule has 0 unspecified atom stereocenters. The second kappa shape index (κ2) is 8.06. The molecule has 0 saturated heterocycles. The Morgan fingerprint density at radius 1 is 1.03 bits per heavy atom. The molecule has 0 atom stereocenters. The monoisotopic (exact) mass is 427 g/mol. The Hall–Kier alpha value is -3.17. The van der Waals surface area contributed by atoms with E-state index in [1.165, 1.54) is 0 Å². The van der Waals surface area contributed by atoms with Gasteiger partial charge in [0.15, 0.2) is 0 Å². The molecule has 4 aromatic rings. The number of ether oxygens (including phenoxy) is 1. The Labute approximate surface area is 172 Å². The van der Waals surface area contributed by atoms with Crippen LogP contribution in [0.3, 0.4) is 0 Å². The molecule has 2 aromatic carbocycles. The van der Waals surface area contributed by atoms with Crippen molar-refractivity contribution in [3.05, 3.63) is 66.0 Å². The van der Waals surface area contributed by atoms with Crippen molar-refractivity contribution in [1.29, 1.82) is 0 Å². The lowest BCUT2D eigenvalue weighted by atomic mass is 10.2. The minimum atomic E-state index is -3.58. The lowest BCUT2D eigenvalue weighted by molar-refractivity contribution is 0.340. The predicted molar refractivity (Wildman–Crippen MR) is 111 cm³/mol. The highest BCUT2D eigenvalue weighted by atomic mass is 32.2. The topological polar surface area (TPSA) is 94.3 Å². The molecule has 4 rings (SSSR count). The number of hydrogen-bond acceptors (Lipinski definition) is 7. The summed E-state index contributed by atoms with van der Waals surface area (Å²) < 4.78 is 38.2. The fourth-order valence-corrected chi connectivity index (χ4v) is 4.68. The minimum Gasteiger partial charge on any atom is -0.494 e. The van der Waals surface area contributed by atoms with Crippen molar-refractivity contribution < 1.29 is 17.7 Å². The van der Waals surface area contributed by atoms with Gasteiger partial charge in [-0.25, -0.2) is 8.42 Å². The van der Waals surface area contributed by atoms with Gasteiger partial charge in [-0.2, -0.15) is 4.98 Å². The number of nitrogens with one attached hydrogen (secondary N) is 1. The number of hydrogen-bond donors (Lipinski definition) is 1. The van der Waals surface area contributed by atoms with E-state index in [1.54, 1.807) is 41.8 Å². The lowest BCUT2D eigenvalue weighted by Crippen LogP contribution is -2.11. The van der Waals surface area contributed by atoms with E-state index in [9.17, 15) is 8.42 Å². The van der Waals surface area contributed by atoms with Crippen LogP contribution < -0.4 is 9.46 Å². The Kier molecular flexibility index (Phi) is 5.32. The highest BCUT2D eigenvalue weighted by Crippen LogP contribution is 2.26. The van der Waals surface area contributed by atoms with E-state index < -0.39 is 10.0 Å². The number of nitrogens with zero attached hydrogens (tertiary/aromatic N) is 2. The molecule has 2 heterocycles. The van der Waals surface area contributed by atoms with Gasteiger partial charge in [-0.3, -0.25) is 4.72 Å². The molecule has 0 aliphatic carbocycles. The molecule has 0 aliphatic heterocycles. The third kappa shape index (κ3) is 4.30. The Balaban J connectivity index is 1.50. The van der Waals surface area contributed by atoms with Crippen LogP contribution in [0.5, 0.6) is 5.75 Å². The quantitative estimate of drug-likeness (QED) is 0.461. The van der Waals surface area contributed by atoms with Gasteiger partial charge in [-0.15, -0.1) is 11.3 Å². The van der Waals surface area contributed by atoms with Crippen LogP contribution in [0.25, 0.3) is 22.8 Å². The summed E-state index contributed by atoms with van der Waals surface area (Å²) in [7, 11) is -3.58. The molecule has 0 spiro atoms. The zero-order chi connectivity index (χ0) is 20.3. The van der Waals surface area contributed by atoms with Gasteiger partial charge in [-0.1, -0.05) is 11.2 Å². The second-order valence-corrected chi connectivity index (χ2v) is 8.85. The number of thiophene rings is 1. The van der Waals surface area contributed by atoms with Gasteiger partial charge in [0, 0.05) is 16.8 Å². The Morgan fingerprint density at radius 3 is 2.41 bits per heavy atom. The van der Waals surface area contributed by atoms with Crippen LogP contribution in [-0.4, -0.2) is 25.2 Å². The molecular formula is C20H17N3O4S2. The van der Waals surface area contributed by atoms with E-state index in [4.69, 9.17) is 9.26 Å². The first-order valence-corrected chi connectivity index (χ1v) is 11.1. The van der Waals surface area contributed by atoms with Gasteiger partial charge in [0.05, 0.1) is 6.61 Å². The van der Waals surface area contributed by atoms with Crippen LogP contribution in [0.15, 0.2) is 74.8 Å². The molecule has 0 saturated carbocycles. The summed E-state index contributed by atoms with van der Waals surface area (Å²) in [5.74, 6) is 1.59. The van der Waals surface area contributed by atoms with Gasteiger partial charge in [-0.05, 0) is 66.9 Å². The van der Waals surface area contributed by atoms with E-state index in [-0.39, 0.29) is 4.21 Å². The van der Waals surface area contributed by atoms with Crippen LogP contribution >= 0.6 is 11.3 Å². The summed E-state index contributed by atoms with van der Waals surface area (Å²) in [6.45, 7) is 2.53. The third-order valence-electron chi connectivity index (χ3n) is 3.99. The molecule has 148 valence electrons. The van der Waals surface area contributed by atoms with E-state index in [0.29, 0.717) is 29.6 Å². The molecule has 1 N–H and O–H groups in total. The molecular weight excluding hydrogens is 410 g/mol. The Bertz CT molecular complexity index is 1180. The molecule has 0 aliphatic rings. The standard InChI is InChI=1S/C20H17N3O4S2/c1-2-26-17-11-7-15(8-12-17)20-21-19(22-27-20)14-5-9-16(10-6-14)23-29(24,25)18-4-3-13-28-18/h3-13,23H,2H2,1H3. The van der Waals surface area contributed by atoms with E-state index >= 15 is 0 Å².